The van der Waals surface area contributed by atoms with Crippen LogP contribution in [0.4, 0.5) is 0 Å². The zero-order valence-corrected chi connectivity index (χ0v) is 24.5. The third-order valence-electron chi connectivity index (χ3n) is 5.89. The van der Waals surface area contributed by atoms with Gasteiger partial charge in [-0.25, -0.2) is 0 Å². The van der Waals surface area contributed by atoms with Crippen molar-refractivity contribution in [1.29, 1.82) is 0 Å². The van der Waals surface area contributed by atoms with Crippen LogP contribution in [-0.2, 0) is 0 Å². The minimum Gasteiger partial charge on any atom is -0.0843 e. The van der Waals surface area contributed by atoms with Crippen LogP contribution in [-0.4, -0.2) is 0 Å². The fraction of sp³-hybridized carbons (Fsp3) is 0. The molecule has 4 heteroatoms. The van der Waals surface area contributed by atoms with Gasteiger partial charge in [0.2, 0.25) is 0 Å². The molecule has 0 N–H and O–H groups in total. The lowest BCUT2D eigenvalue weighted by Gasteiger charge is -1.97. The molecule has 0 aliphatic heterocycles. The number of hydrogen-bond donors (Lipinski definition) is 0. The van der Waals surface area contributed by atoms with E-state index in [1.54, 1.807) is 0 Å². The fourth-order valence-electron chi connectivity index (χ4n) is 3.92. The number of halogens is 4. The lowest BCUT2D eigenvalue weighted by molar-refractivity contribution is 1.71. The van der Waals surface area contributed by atoms with Crippen molar-refractivity contribution in [1.82, 2.24) is 0 Å². The average Bonchev–Trinajstić information content (AvgIpc) is 2.99. The second-order valence-electron chi connectivity index (χ2n) is 8.74. The topological polar surface area (TPSA) is 0 Å². The van der Waals surface area contributed by atoms with Gasteiger partial charge < -0.3 is 0 Å². The maximum atomic E-state index is 5.96. The van der Waals surface area contributed by atoms with E-state index in [1.165, 1.54) is 26.9 Å². The molecule has 0 spiro atoms. The van der Waals surface area contributed by atoms with Gasteiger partial charge in [-0.2, -0.15) is 0 Å². The molecule has 0 unspecified atom stereocenters. The van der Waals surface area contributed by atoms with E-state index in [4.69, 9.17) is 46.4 Å². The Morgan fingerprint density at radius 1 is 0.275 bits per heavy atom. The number of fused-ring (bicyclic) bond motifs is 3. The van der Waals surface area contributed by atoms with Crippen molar-refractivity contribution < 1.29 is 0 Å². The highest BCUT2D eigenvalue weighted by atomic mass is 35.5. The van der Waals surface area contributed by atoms with E-state index in [1.807, 2.05) is 121 Å². The quantitative estimate of drug-likeness (QED) is 0.163. The normalized spacial score (nSPS) is 10.0. The molecule has 0 amide bonds. The molecule has 0 saturated heterocycles. The molecule has 7 aromatic rings. The summed E-state index contributed by atoms with van der Waals surface area (Å²) in [5.74, 6) is 0. The molecule has 0 saturated carbocycles. The smallest absolute Gasteiger partial charge is 0.0484 e. The van der Waals surface area contributed by atoms with Crippen molar-refractivity contribution in [2.75, 3.05) is 0 Å². The van der Waals surface area contributed by atoms with Crippen LogP contribution >= 0.6 is 46.4 Å². The molecule has 0 bridgehead atoms. The van der Waals surface area contributed by atoms with E-state index in [0.717, 1.165) is 25.5 Å². The summed E-state index contributed by atoms with van der Waals surface area (Å²) in [6, 6.07) is 51.6. The number of hydrogen-bond acceptors (Lipinski definition) is 0. The van der Waals surface area contributed by atoms with E-state index < -0.39 is 0 Å². The molecule has 7 aromatic carbocycles. The van der Waals surface area contributed by atoms with Gasteiger partial charge in [0, 0.05) is 25.5 Å². The standard InChI is InChI=1S/3C10H7Cl.C6H5Cl/c11-10-7-3-5-8-4-1-2-6-9(8)10;2*11-10-6-5-8-3-1-2-4-9(8)7-10;7-6-4-2-1-3-5-6/h3*1-7H;1-5H. The summed E-state index contributed by atoms with van der Waals surface area (Å²) < 4.78 is 0. The monoisotopic (exact) mass is 598 g/mol. The summed E-state index contributed by atoms with van der Waals surface area (Å²) in [5.41, 5.74) is 0. The van der Waals surface area contributed by atoms with Gasteiger partial charge in [-0.3, -0.25) is 0 Å². The Morgan fingerprint density at radius 2 is 0.700 bits per heavy atom. The molecule has 0 fully saturated rings. The van der Waals surface area contributed by atoms with Crippen LogP contribution in [0.2, 0.25) is 20.1 Å². The van der Waals surface area contributed by atoms with Gasteiger partial charge in [-0.1, -0.05) is 162 Å². The molecule has 0 aromatic heterocycles. The van der Waals surface area contributed by atoms with Crippen LogP contribution < -0.4 is 0 Å². The summed E-state index contributed by atoms with van der Waals surface area (Å²) >= 11 is 23.1. The van der Waals surface area contributed by atoms with Gasteiger partial charge in [0.1, 0.15) is 0 Å². The first-order valence-corrected chi connectivity index (χ1v) is 14.1. The molecule has 0 atom stereocenters. The lowest BCUT2D eigenvalue weighted by Crippen LogP contribution is -1.70. The zero-order valence-electron chi connectivity index (χ0n) is 21.5. The van der Waals surface area contributed by atoms with Gasteiger partial charge >= 0.3 is 0 Å². The minimum absolute atomic E-state index is 0.794. The molecule has 0 radical (unpaired) electrons. The van der Waals surface area contributed by atoms with Crippen molar-refractivity contribution in [3.63, 3.8) is 0 Å². The SMILES string of the molecule is Clc1ccc2ccccc2c1.Clc1ccc2ccccc2c1.Clc1cccc2ccccc12.Clc1ccccc1. The van der Waals surface area contributed by atoms with E-state index in [0.29, 0.717) is 0 Å². The molecule has 7 rings (SSSR count). The van der Waals surface area contributed by atoms with Gasteiger partial charge in [0.15, 0.2) is 0 Å². The van der Waals surface area contributed by atoms with Crippen LogP contribution in [0.25, 0.3) is 32.3 Å². The first-order valence-electron chi connectivity index (χ1n) is 12.6. The van der Waals surface area contributed by atoms with Gasteiger partial charge in [-0.05, 0) is 69.4 Å². The Morgan fingerprint density at radius 3 is 1.18 bits per heavy atom. The van der Waals surface area contributed by atoms with E-state index in [-0.39, 0.29) is 0 Å². The van der Waals surface area contributed by atoms with Crippen LogP contribution in [0.3, 0.4) is 0 Å². The summed E-state index contributed by atoms with van der Waals surface area (Å²) in [6.45, 7) is 0. The Bertz CT molecular complexity index is 1700. The molecular weight excluding hydrogens is 574 g/mol. The van der Waals surface area contributed by atoms with E-state index >= 15 is 0 Å². The van der Waals surface area contributed by atoms with Crippen molar-refractivity contribution in [3.05, 3.63) is 178 Å². The second kappa shape index (κ2) is 15.3. The van der Waals surface area contributed by atoms with Gasteiger partial charge in [0.05, 0.1) is 0 Å². The maximum absolute atomic E-state index is 5.96. The molecule has 0 aliphatic carbocycles. The Kier molecular flexibility index (Phi) is 11.3. The molecule has 0 heterocycles. The predicted octanol–water partition coefficient (Wildman–Crippen LogP) is 12.8. The summed E-state index contributed by atoms with van der Waals surface area (Å²) in [7, 11) is 0. The number of rotatable bonds is 0. The molecule has 40 heavy (non-hydrogen) atoms. The molecule has 198 valence electrons. The van der Waals surface area contributed by atoms with Crippen LogP contribution in [0.5, 0.6) is 0 Å². The van der Waals surface area contributed by atoms with Crippen molar-refractivity contribution >= 4 is 78.7 Å². The summed E-state index contributed by atoms with van der Waals surface area (Å²) in [5, 5.41) is 10.4. The highest BCUT2D eigenvalue weighted by Crippen LogP contribution is 2.22. The first-order chi connectivity index (χ1) is 19.5. The highest BCUT2D eigenvalue weighted by Gasteiger charge is 1.94. The lowest BCUT2D eigenvalue weighted by atomic mass is 10.1. The largest absolute Gasteiger partial charge is 0.0843 e. The highest BCUT2D eigenvalue weighted by molar-refractivity contribution is 6.35. The molecular formula is C36H26Cl4. The van der Waals surface area contributed by atoms with E-state index in [9.17, 15) is 0 Å². The zero-order chi connectivity index (χ0) is 28.2. The van der Waals surface area contributed by atoms with Crippen LogP contribution in [0.1, 0.15) is 0 Å². The predicted molar refractivity (Wildman–Crippen MR) is 178 cm³/mol. The summed E-state index contributed by atoms with van der Waals surface area (Å²) in [4.78, 5) is 0. The molecule has 0 nitrogen and oxygen atoms in total. The first kappa shape index (κ1) is 29.5. The second-order valence-corrected chi connectivity index (χ2v) is 10.5. The maximum Gasteiger partial charge on any atom is 0.0484 e. The number of benzene rings is 7. The third kappa shape index (κ3) is 9.01. The Balaban J connectivity index is 0.000000125. The minimum atomic E-state index is 0.794. The van der Waals surface area contributed by atoms with Crippen LogP contribution in [0.15, 0.2) is 158 Å². The van der Waals surface area contributed by atoms with Gasteiger partial charge in [-0.15, -0.1) is 0 Å². The Labute approximate surface area is 255 Å². The van der Waals surface area contributed by atoms with Crippen molar-refractivity contribution in [2.24, 2.45) is 0 Å². The van der Waals surface area contributed by atoms with Crippen molar-refractivity contribution in [2.45, 2.75) is 0 Å². The van der Waals surface area contributed by atoms with E-state index in [2.05, 4.69) is 36.4 Å². The third-order valence-corrected chi connectivity index (χ3v) is 6.94. The Hall–Kier alpha value is -3.52. The van der Waals surface area contributed by atoms with Crippen molar-refractivity contribution in [3.8, 4) is 0 Å². The fourth-order valence-corrected chi connectivity index (χ4v) is 4.67. The average molecular weight is 600 g/mol. The summed E-state index contributed by atoms with van der Waals surface area (Å²) in [6.07, 6.45) is 0. The molecule has 0 aliphatic rings. The van der Waals surface area contributed by atoms with Gasteiger partial charge in [0.25, 0.3) is 0 Å². The van der Waals surface area contributed by atoms with Crippen LogP contribution in [0, 0.1) is 0 Å².